The highest BCUT2D eigenvalue weighted by Crippen LogP contribution is 2.49. The fourth-order valence-corrected chi connectivity index (χ4v) is 7.81. The van der Waals surface area contributed by atoms with E-state index in [1.165, 1.54) is 49.9 Å². The van der Waals surface area contributed by atoms with E-state index in [1.807, 2.05) is 12.1 Å². The molecule has 0 radical (unpaired) electrons. The molecule has 0 aliphatic carbocycles. The summed E-state index contributed by atoms with van der Waals surface area (Å²) in [6.45, 7) is 0. The van der Waals surface area contributed by atoms with Crippen molar-refractivity contribution >= 4 is 27.8 Å². The number of nitrogens with zero attached hydrogens (tertiary/aromatic N) is 1. The van der Waals surface area contributed by atoms with E-state index in [2.05, 4.69) is 205 Å². The lowest BCUT2D eigenvalue weighted by Gasteiger charge is -2.27. The van der Waals surface area contributed by atoms with E-state index in [1.54, 1.807) is 0 Å². The molecule has 0 unspecified atom stereocenters. The molecule has 1 aliphatic rings. The number of hydrogen-bond donors (Lipinski definition) is 0. The standard InChI is InChI=1S/C52H35NO/c1-3-11-36(12-4-1)38-21-23-39(24-22-38)41-27-31-44(32-28-41)53(43-29-25-40(26-30-43)37-13-5-2-6-14-37)45-16-9-15-42(35-45)46-33-34-51-52-48(46)18-10-19-49(52)47-17-7-8-20-50(47)54-51/h1-35H. The maximum absolute atomic E-state index is 6.42. The molecule has 9 aromatic carbocycles. The lowest BCUT2D eigenvalue weighted by molar-refractivity contribution is 0.487. The molecule has 1 aliphatic heterocycles. The van der Waals surface area contributed by atoms with Crippen molar-refractivity contribution in [3.05, 3.63) is 212 Å². The second-order valence-corrected chi connectivity index (χ2v) is 13.7. The SMILES string of the molecule is c1ccc(-c2ccc(-c3ccc(N(c4ccc(-c5ccccc5)cc4)c4cccc(-c5ccc6c7c(cccc57)-c5ccccc5O6)c4)cc3)cc2)cc1. The zero-order valence-electron chi connectivity index (χ0n) is 29.6. The molecule has 0 atom stereocenters. The van der Waals surface area contributed by atoms with Crippen LogP contribution in [0.25, 0.3) is 66.4 Å². The number of hydrogen-bond acceptors (Lipinski definition) is 2. The number of fused-ring (bicyclic) bond motifs is 2. The third-order valence-corrected chi connectivity index (χ3v) is 10.5. The minimum absolute atomic E-state index is 0.897. The van der Waals surface area contributed by atoms with Crippen LogP contribution in [0.2, 0.25) is 0 Å². The smallest absolute Gasteiger partial charge is 0.135 e. The molecule has 0 fully saturated rings. The highest BCUT2D eigenvalue weighted by Gasteiger charge is 2.22. The molecule has 0 saturated carbocycles. The van der Waals surface area contributed by atoms with E-state index in [0.29, 0.717) is 0 Å². The van der Waals surface area contributed by atoms with E-state index < -0.39 is 0 Å². The number of ether oxygens (including phenoxy) is 1. The summed E-state index contributed by atoms with van der Waals surface area (Å²) in [4.78, 5) is 2.35. The summed E-state index contributed by atoms with van der Waals surface area (Å²) in [7, 11) is 0. The van der Waals surface area contributed by atoms with Gasteiger partial charge in [-0.2, -0.15) is 0 Å². The van der Waals surface area contributed by atoms with Crippen molar-refractivity contribution in [2.24, 2.45) is 0 Å². The Kier molecular flexibility index (Phi) is 7.85. The Bertz CT molecular complexity index is 2750. The van der Waals surface area contributed by atoms with Crippen LogP contribution in [-0.2, 0) is 0 Å². The van der Waals surface area contributed by atoms with Crippen LogP contribution in [0.5, 0.6) is 11.5 Å². The van der Waals surface area contributed by atoms with E-state index in [9.17, 15) is 0 Å². The molecular formula is C52H35NO. The molecule has 1 heterocycles. The average Bonchev–Trinajstić information content (AvgIpc) is 3.25. The highest BCUT2D eigenvalue weighted by molar-refractivity contribution is 6.10. The summed E-state index contributed by atoms with van der Waals surface area (Å²) in [6.07, 6.45) is 0. The first-order chi connectivity index (χ1) is 26.8. The van der Waals surface area contributed by atoms with Crippen molar-refractivity contribution in [1.29, 1.82) is 0 Å². The molecular weight excluding hydrogens is 655 g/mol. The molecule has 0 N–H and O–H groups in total. The van der Waals surface area contributed by atoms with Gasteiger partial charge in [-0.05, 0) is 104 Å². The average molecular weight is 690 g/mol. The predicted molar refractivity (Wildman–Crippen MR) is 226 cm³/mol. The van der Waals surface area contributed by atoms with Gasteiger partial charge in [0.15, 0.2) is 0 Å². The second kappa shape index (κ2) is 13.4. The van der Waals surface area contributed by atoms with Crippen LogP contribution in [0.15, 0.2) is 212 Å². The molecule has 10 rings (SSSR count). The second-order valence-electron chi connectivity index (χ2n) is 13.7. The number of rotatable bonds is 7. The highest BCUT2D eigenvalue weighted by atomic mass is 16.5. The third kappa shape index (κ3) is 5.71. The van der Waals surface area contributed by atoms with Crippen LogP contribution in [0, 0.1) is 0 Å². The maximum atomic E-state index is 6.42. The Morgan fingerprint density at radius 3 is 1.37 bits per heavy atom. The van der Waals surface area contributed by atoms with Crippen LogP contribution in [0.3, 0.4) is 0 Å². The Morgan fingerprint density at radius 1 is 0.278 bits per heavy atom. The van der Waals surface area contributed by atoms with Gasteiger partial charge in [0.05, 0.1) is 0 Å². The summed E-state index contributed by atoms with van der Waals surface area (Å²) in [5, 5.41) is 2.33. The lowest BCUT2D eigenvalue weighted by atomic mass is 9.90. The number of anilines is 3. The van der Waals surface area contributed by atoms with E-state index in [-0.39, 0.29) is 0 Å². The van der Waals surface area contributed by atoms with Gasteiger partial charge in [0.2, 0.25) is 0 Å². The summed E-state index contributed by atoms with van der Waals surface area (Å²) in [5.74, 6) is 1.80. The Hall–Kier alpha value is -7.16. The molecule has 2 heteroatoms. The van der Waals surface area contributed by atoms with Gasteiger partial charge in [0.25, 0.3) is 0 Å². The summed E-state index contributed by atoms with van der Waals surface area (Å²) < 4.78 is 6.42. The predicted octanol–water partition coefficient (Wildman–Crippen LogP) is 14.8. The third-order valence-electron chi connectivity index (χ3n) is 10.5. The number of benzene rings is 9. The Balaban J connectivity index is 1.05. The first-order valence-electron chi connectivity index (χ1n) is 18.4. The molecule has 0 spiro atoms. The molecule has 0 saturated heterocycles. The van der Waals surface area contributed by atoms with Gasteiger partial charge >= 0.3 is 0 Å². The van der Waals surface area contributed by atoms with Gasteiger partial charge in [-0.25, -0.2) is 0 Å². The Labute approximate surface area is 315 Å². The first kappa shape index (κ1) is 31.6. The van der Waals surface area contributed by atoms with Crippen molar-refractivity contribution in [3.63, 3.8) is 0 Å². The van der Waals surface area contributed by atoms with Crippen molar-refractivity contribution in [2.45, 2.75) is 0 Å². The molecule has 0 amide bonds. The minimum Gasteiger partial charge on any atom is -0.456 e. The van der Waals surface area contributed by atoms with Crippen LogP contribution in [-0.4, -0.2) is 0 Å². The van der Waals surface area contributed by atoms with Crippen molar-refractivity contribution in [3.8, 4) is 67.1 Å². The van der Waals surface area contributed by atoms with Crippen LogP contribution >= 0.6 is 0 Å². The van der Waals surface area contributed by atoms with Crippen LogP contribution in [0.1, 0.15) is 0 Å². The van der Waals surface area contributed by atoms with Crippen molar-refractivity contribution < 1.29 is 4.74 Å². The zero-order chi connectivity index (χ0) is 35.8. The van der Waals surface area contributed by atoms with E-state index in [0.717, 1.165) is 45.1 Å². The largest absolute Gasteiger partial charge is 0.456 e. The monoisotopic (exact) mass is 689 g/mol. The topological polar surface area (TPSA) is 12.5 Å². The van der Waals surface area contributed by atoms with Gasteiger partial charge in [-0.3, -0.25) is 0 Å². The fraction of sp³-hybridized carbons (Fsp3) is 0. The Morgan fingerprint density at radius 2 is 0.759 bits per heavy atom. The summed E-state index contributed by atoms with van der Waals surface area (Å²) in [6, 6.07) is 75.8. The first-order valence-corrected chi connectivity index (χ1v) is 18.4. The van der Waals surface area contributed by atoms with Crippen molar-refractivity contribution in [2.75, 3.05) is 4.90 Å². The molecule has 254 valence electrons. The van der Waals surface area contributed by atoms with Gasteiger partial charge < -0.3 is 9.64 Å². The normalized spacial score (nSPS) is 11.5. The van der Waals surface area contributed by atoms with Gasteiger partial charge in [-0.1, -0.05) is 164 Å². The van der Waals surface area contributed by atoms with E-state index in [4.69, 9.17) is 4.74 Å². The number of para-hydroxylation sites is 1. The maximum Gasteiger partial charge on any atom is 0.135 e. The molecule has 0 bridgehead atoms. The molecule has 0 aromatic heterocycles. The van der Waals surface area contributed by atoms with Gasteiger partial charge in [0.1, 0.15) is 11.5 Å². The molecule has 9 aromatic rings. The summed E-state index contributed by atoms with van der Waals surface area (Å²) in [5.41, 5.74) is 15.1. The van der Waals surface area contributed by atoms with Crippen molar-refractivity contribution in [1.82, 2.24) is 0 Å². The zero-order valence-corrected chi connectivity index (χ0v) is 29.6. The van der Waals surface area contributed by atoms with Crippen LogP contribution in [0.4, 0.5) is 17.1 Å². The van der Waals surface area contributed by atoms with Crippen LogP contribution < -0.4 is 9.64 Å². The minimum atomic E-state index is 0.897. The molecule has 2 nitrogen and oxygen atoms in total. The van der Waals surface area contributed by atoms with Gasteiger partial charge in [-0.15, -0.1) is 0 Å². The fourth-order valence-electron chi connectivity index (χ4n) is 7.81. The summed E-state index contributed by atoms with van der Waals surface area (Å²) >= 11 is 0. The van der Waals surface area contributed by atoms with Gasteiger partial charge in [0, 0.05) is 28.0 Å². The quantitative estimate of drug-likeness (QED) is 0.165. The molecule has 54 heavy (non-hydrogen) atoms. The lowest BCUT2D eigenvalue weighted by Crippen LogP contribution is -2.10. The van der Waals surface area contributed by atoms with E-state index >= 15 is 0 Å².